The van der Waals surface area contributed by atoms with E-state index in [1.807, 2.05) is 0 Å². The highest BCUT2D eigenvalue weighted by Gasteiger charge is 2.40. The van der Waals surface area contributed by atoms with E-state index in [1.54, 1.807) is 30.3 Å². The summed E-state index contributed by atoms with van der Waals surface area (Å²) in [5.41, 5.74) is 0.196. The second kappa shape index (κ2) is 6.72. The van der Waals surface area contributed by atoms with Gasteiger partial charge in [-0.1, -0.05) is 30.8 Å². The first-order chi connectivity index (χ1) is 12.0. The average molecular weight is 343 g/mol. The number of carbonyl (C=O) groups excluding carboxylic acids is 2. The maximum absolute atomic E-state index is 14.2. The van der Waals surface area contributed by atoms with Crippen molar-refractivity contribution in [2.24, 2.45) is 5.92 Å². The molecule has 1 aliphatic heterocycles. The van der Waals surface area contributed by atoms with Crippen molar-refractivity contribution >= 4 is 17.6 Å². The van der Waals surface area contributed by atoms with Crippen LogP contribution in [0.25, 0.3) is 0 Å². The normalized spacial score (nSPS) is 19.8. The van der Waals surface area contributed by atoms with Crippen molar-refractivity contribution in [3.8, 4) is 0 Å². The summed E-state index contributed by atoms with van der Waals surface area (Å²) >= 11 is 0. The molecule has 2 aromatic rings. The van der Waals surface area contributed by atoms with E-state index in [0.717, 1.165) is 12.1 Å². The van der Waals surface area contributed by atoms with Gasteiger partial charge in [0.05, 0.1) is 6.04 Å². The zero-order valence-corrected chi connectivity index (χ0v) is 13.1. The minimum atomic E-state index is -1.22. The van der Waals surface area contributed by atoms with Crippen molar-refractivity contribution in [3.63, 3.8) is 0 Å². The van der Waals surface area contributed by atoms with Crippen molar-refractivity contribution in [3.05, 3.63) is 78.0 Å². The van der Waals surface area contributed by atoms with Gasteiger partial charge >= 0.3 is 6.03 Å². The number of benzene rings is 2. The number of rotatable bonds is 3. The predicted octanol–water partition coefficient (Wildman–Crippen LogP) is 3.09. The number of urea groups is 1. The number of hydrogen-bond acceptors (Lipinski definition) is 2. The third-order valence-electron chi connectivity index (χ3n) is 3.90. The fraction of sp³-hybridized carbons (Fsp3) is 0.111. The fourth-order valence-corrected chi connectivity index (χ4v) is 2.78. The first-order valence-corrected chi connectivity index (χ1v) is 7.53. The van der Waals surface area contributed by atoms with Crippen molar-refractivity contribution in [2.75, 3.05) is 5.32 Å². The quantitative estimate of drug-likeness (QED) is 0.801. The van der Waals surface area contributed by atoms with Crippen LogP contribution in [-0.4, -0.2) is 11.9 Å². The Morgan fingerprint density at radius 3 is 2.32 bits per heavy atom. The lowest BCUT2D eigenvalue weighted by Gasteiger charge is -2.34. The first-order valence-electron chi connectivity index (χ1n) is 7.53. The predicted molar refractivity (Wildman–Crippen MR) is 88.5 cm³/mol. The second-order valence-electron chi connectivity index (χ2n) is 5.57. The Kier molecular flexibility index (Phi) is 4.47. The van der Waals surface area contributed by atoms with E-state index in [1.165, 1.54) is 6.07 Å². The number of amides is 3. The van der Waals surface area contributed by atoms with Crippen LogP contribution in [0, 0.1) is 17.6 Å². The highest BCUT2D eigenvalue weighted by atomic mass is 19.1. The van der Waals surface area contributed by atoms with Gasteiger partial charge in [0.2, 0.25) is 5.91 Å². The number of halogens is 2. The fourth-order valence-electron chi connectivity index (χ4n) is 2.78. The highest BCUT2D eigenvalue weighted by Crippen LogP contribution is 2.33. The summed E-state index contributed by atoms with van der Waals surface area (Å²) in [7, 11) is 0. The molecule has 7 heteroatoms. The lowest BCUT2D eigenvalue weighted by atomic mass is 9.87. The summed E-state index contributed by atoms with van der Waals surface area (Å²) in [6, 6.07) is 10.1. The summed E-state index contributed by atoms with van der Waals surface area (Å²) in [6.07, 6.45) is 0. The van der Waals surface area contributed by atoms with Gasteiger partial charge in [0.1, 0.15) is 17.6 Å². The smallest absolute Gasteiger partial charge is 0.319 e. The van der Waals surface area contributed by atoms with E-state index < -0.39 is 35.5 Å². The van der Waals surface area contributed by atoms with Crippen LogP contribution < -0.4 is 16.0 Å². The molecule has 3 rings (SSSR count). The molecule has 128 valence electrons. The average Bonchev–Trinajstić information content (AvgIpc) is 2.55. The molecule has 25 heavy (non-hydrogen) atoms. The summed E-state index contributed by atoms with van der Waals surface area (Å²) in [5.74, 6) is -3.34. The maximum atomic E-state index is 14.2. The van der Waals surface area contributed by atoms with E-state index in [0.29, 0.717) is 5.69 Å². The van der Waals surface area contributed by atoms with Crippen LogP contribution >= 0.6 is 0 Å². The largest absolute Gasteiger partial charge is 0.330 e. The van der Waals surface area contributed by atoms with Gasteiger partial charge in [0.25, 0.3) is 0 Å². The van der Waals surface area contributed by atoms with Crippen LogP contribution in [0.5, 0.6) is 0 Å². The molecule has 1 heterocycles. The topological polar surface area (TPSA) is 70.2 Å². The van der Waals surface area contributed by atoms with Crippen molar-refractivity contribution in [1.82, 2.24) is 10.6 Å². The first kappa shape index (κ1) is 16.6. The molecular weight excluding hydrogens is 328 g/mol. The molecule has 0 spiro atoms. The third-order valence-corrected chi connectivity index (χ3v) is 3.90. The molecule has 0 unspecified atom stereocenters. The van der Waals surface area contributed by atoms with Gasteiger partial charge in [-0.25, -0.2) is 13.6 Å². The second-order valence-corrected chi connectivity index (χ2v) is 5.57. The molecule has 3 amide bonds. The molecular formula is C18H15F2N3O2. The molecule has 0 aromatic heterocycles. The Morgan fingerprint density at radius 2 is 1.68 bits per heavy atom. The lowest BCUT2D eigenvalue weighted by molar-refractivity contribution is -0.119. The summed E-state index contributed by atoms with van der Waals surface area (Å²) in [4.78, 5) is 24.4. The molecule has 0 aliphatic carbocycles. The minimum absolute atomic E-state index is 0.0600. The molecule has 0 saturated carbocycles. The van der Waals surface area contributed by atoms with Gasteiger partial charge in [-0.2, -0.15) is 0 Å². The van der Waals surface area contributed by atoms with Crippen LogP contribution in [0.1, 0.15) is 11.6 Å². The number of nitrogens with one attached hydrogen (secondary N) is 3. The van der Waals surface area contributed by atoms with Gasteiger partial charge in [0, 0.05) is 16.9 Å². The van der Waals surface area contributed by atoms with Gasteiger partial charge in [-0.3, -0.25) is 4.79 Å². The van der Waals surface area contributed by atoms with Crippen LogP contribution in [0.15, 0.2) is 60.8 Å². The molecule has 2 aromatic carbocycles. The molecule has 3 N–H and O–H groups in total. The number of carbonyl (C=O) groups is 2. The summed E-state index contributed by atoms with van der Waals surface area (Å²) in [5, 5.41) is 7.45. The van der Waals surface area contributed by atoms with Crippen LogP contribution in [0.2, 0.25) is 0 Å². The SMILES string of the molecule is C=C1NC(=O)N[C@@H](c2c(F)cccc2F)[C@@H]1C(=O)Nc1ccccc1. The van der Waals surface area contributed by atoms with Crippen LogP contribution in [-0.2, 0) is 4.79 Å². The van der Waals surface area contributed by atoms with Crippen LogP contribution in [0.3, 0.4) is 0 Å². The molecule has 1 fully saturated rings. The molecule has 2 atom stereocenters. The Hall–Kier alpha value is -3.22. The zero-order chi connectivity index (χ0) is 18.0. The molecule has 0 bridgehead atoms. The summed E-state index contributed by atoms with van der Waals surface area (Å²) < 4.78 is 28.4. The number of hydrogen-bond donors (Lipinski definition) is 3. The van der Waals surface area contributed by atoms with Crippen LogP contribution in [0.4, 0.5) is 19.3 Å². The van der Waals surface area contributed by atoms with E-state index in [-0.39, 0.29) is 11.3 Å². The van der Waals surface area contributed by atoms with Gasteiger partial charge in [0.15, 0.2) is 0 Å². The highest BCUT2D eigenvalue weighted by molar-refractivity contribution is 5.97. The van der Waals surface area contributed by atoms with E-state index >= 15 is 0 Å². The standard InChI is InChI=1S/C18H15F2N3O2/c1-10-14(17(24)22-11-6-3-2-4-7-11)16(23-18(25)21-10)15-12(19)8-5-9-13(15)20/h2-9,14,16H,1H2,(H,22,24)(H2,21,23,25)/t14-,16-/m1/s1. The van der Waals surface area contributed by atoms with E-state index in [2.05, 4.69) is 22.5 Å². The van der Waals surface area contributed by atoms with Gasteiger partial charge in [-0.15, -0.1) is 0 Å². The van der Waals surface area contributed by atoms with Crippen molar-refractivity contribution in [1.29, 1.82) is 0 Å². The molecule has 5 nitrogen and oxygen atoms in total. The van der Waals surface area contributed by atoms with Crippen molar-refractivity contribution < 1.29 is 18.4 Å². The van der Waals surface area contributed by atoms with Gasteiger partial charge < -0.3 is 16.0 Å². The molecule has 0 radical (unpaired) electrons. The Labute approximate surface area is 142 Å². The number of anilines is 1. The monoisotopic (exact) mass is 343 g/mol. The Morgan fingerprint density at radius 1 is 1.04 bits per heavy atom. The minimum Gasteiger partial charge on any atom is -0.330 e. The summed E-state index contributed by atoms with van der Waals surface area (Å²) in [6.45, 7) is 3.67. The zero-order valence-electron chi connectivity index (χ0n) is 13.1. The maximum Gasteiger partial charge on any atom is 0.319 e. The van der Waals surface area contributed by atoms with E-state index in [9.17, 15) is 18.4 Å². The third kappa shape index (κ3) is 3.35. The van der Waals surface area contributed by atoms with Gasteiger partial charge in [-0.05, 0) is 24.3 Å². The Balaban J connectivity index is 1.97. The molecule has 1 aliphatic rings. The van der Waals surface area contributed by atoms with Crippen molar-refractivity contribution in [2.45, 2.75) is 6.04 Å². The Bertz CT molecular complexity index is 819. The lowest BCUT2D eigenvalue weighted by Crippen LogP contribution is -2.52. The van der Waals surface area contributed by atoms with E-state index in [4.69, 9.17) is 0 Å². The number of para-hydroxylation sites is 1. The molecule has 1 saturated heterocycles.